The van der Waals surface area contributed by atoms with Crippen LogP contribution in [0.3, 0.4) is 0 Å². The van der Waals surface area contributed by atoms with Crippen LogP contribution in [-0.4, -0.2) is 47.1 Å². The van der Waals surface area contributed by atoms with Gasteiger partial charge >= 0.3 is 6.03 Å². The summed E-state index contributed by atoms with van der Waals surface area (Å²) >= 11 is 0. The number of ether oxygens (including phenoxy) is 1. The van der Waals surface area contributed by atoms with E-state index in [2.05, 4.69) is 10.6 Å². The summed E-state index contributed by atoms with van der Waals surface area (Å²) in [6.07, 6.45) is 0.490. The molecule has 2 unspecified atom stereocenters. The van der Waals surface area contributed by atoms with Crippen LogP contribution in [-0.2, 0) is 9.59 Å². The minimum Gasteiger partial charge on any atom is -0.494 e. The van der Waals surface area contributed by atoms with Gasteiger partial charge in [0.15, 0.2) is 0 Å². The number of amides is 4. The summed E-state index contributed by atoms with van der Waals surface area (Å²) in [6, 6.07) is 17.2. The molecule has 0 aromatic heterocycles. The van der Waals surface area contributed by atoms with E-state index >= 15 is 0 Å². The molecule has 3 atom stereocenters. The van der Waals surface area contributed by atoms with Gasteiger partial charge in [-0.3, -0.25) is 9.59 Å². The second-order valence-electron chi connectivity index (χ2n) is 9.20. The molecule has 3 N–H and O–H groups in total. The molecular formula is C31H36FN3O5. The molecule has 40 heavy (non-hydrogen) atoms. The van der Waals surface area contributed by atoms with Crippen LogP contribution in [0.2, 0.25) is 0 Å². The Labute approximate surface area is 234 Å². The van der Waals surface area contributed by atoms with Gasteiger partial charge in [0.2, 0.25) is 5.91 Å². The van der Waals surface area contributed by atoms with Gasteiger partial charge in [-0.25, -0.2) is 14.1 Å². The van der Waals surface area contributed by atoms with Gasteiger partial charge in [0.25, 0.3) is 5.91 Å². The van der Waals surface area contributed by atoms with Crippen LogP contribution in [0.1, 0.15) is 55.8 Å². The van der Waals surface area contributed by atoms with Crippen molar-refractivity contribution in [2.24, 2.45) is 0 Å². The van der Waals surface area contributed by atoms with Crippen molar-refractivity contribution in [1.29, 1.82) is 0 Å². The van der Waals surface area contributed by atoms with Crippen LogP contribution < -0.4 is 15.4 Å². The van der Waals surface area contributed by atoms with Crippen LogP contribution in [0.25, 0.3) is 0 Å². The van der Waals surface area contributed by atoms with E-state index in [4.69, 9.17) is 9.84 Å². The molecule has 3 aromatic rings. The number of hydrogen-bond acceptors (Lipinski definition) is 5. The lowest BCUT2D eigenvalue weighted by Crippen LogP contribution is -2.50. The van der Waals surface area contributed by atoms with Crippen LogP contribution in [0, 0.1) is 12.7 Å². The lowest BCUT2D eigenvalue weighted by Gasteiger charge is -2.30. The van der Waals surface area contributed by atoms with Gasteiger partial charge in [0.1, 0.15) is 23.7 Å². The lowest BCUT2D eigenvalue weighted by molar-refractivity contribution is -0.134. The quantitative estimate of drug-likeness (QED) is 0.234. The van der Waals surface area contributed by atoms with Crippen molar-refractivity contribution < 1.29 is 28.6 Å². The molecule has 0 radical (unpaired) electrons. The van der Waals surface area contributed by atoms with Crippen LogP contribution in [0.5, 0.6) is 5.75 Å². The van der Waals surface area contributed by atoms with Gasteiger partial charge in [0.05, 0.1) is 12.3 Å². The Bertz CT molecular complexity index is 1300. The minimum absolute atomic E-state index is 0.0171. The number of nitrogens with zero attached hydrogens (tertiary/aromatic N) is 1. The van der Waals surface area contributed by atoms with Crippen LogP contribution in [0.4, 0.5) is 14.9 Å². The molecule has 1 aliphatic rings. The van der Waals surface area contributed by atoms with Crippen molar-refractivity contribution in [2.75, 3.05) is 18.5 Å². The number of aryl methyl sites for hydroxylation is 1. The summed E-state index contributed by atoms with van der Waals surface area (Å²) in [7, 11) is 0. The molecule has 1 fully saturated rings. The van der Waals surface area contributed by atoms with E-state index in [0.717, 1.165) is 10.5 Å². The van der Waals surface area contributed by atoms with Crippen molar-refractivity contribution >= 4 is 23.5 Å². The molecule has 3 aromatic carbocycles. The number of rotatable bonds is 10. The number of halogens is 1. The Balaban J connectivity index is 0.00000216. The molecule has 1 aliphatic heterocycles. The maximum absolute atomic E-state index is 14.5. The highest BCUT2D eigenvalue weighted by Gasteiger charge is 2.47. The van der Waals surface area contributed by atoms with E-state index in [1.807, 2.05) is 32.0 Å². The number of aliphatic hydroxyl groups is 1. The first-order valence-electron chi connectivity index (χ1n) is 13.4. The van der Waals surface area contributed by atoms with Crippen LogP contribution in [0.15, 0.2) is 72.8 Å². The standard InChI is InChI=1S/C29H30FN3O5.C2H6/c1-18-9-14-24(23(30)17-18)31-27(35)26(19(2)20-7-4-3-5-8-20)33-28(36)25(32-29(33)37)21-10-12-22(13-11-21)38-16-6-15-34;1-2/h3-5,7-14,17,19,25-26,34H,6,15-16H2,1-2H3,(H,31,35)(H,32,37);1-2H3/t19?,25-,26?;/m1./s1. The molecule has 0 saturated carbocycles. The zero-order chi connectivity index (χ0) is 29.2. The number of aliphatic hydroxyl groups excluding tert-OH is 1. The zero-order valence-electron chi connectivity index (χ0n) is 23.2. The van der Waals surface area contributed by atoms with E-state index in [1.54, 1.807) is 56.3 Å². The van der Waals surface area contributed by atoms with Crippen molar-refractivity contribution in [2.45, 2.75) is 52.1 Å². The SMILES string of the molecule is CC.Cc1ccc(NC(=O)C(C(C)c2ccccc2)N2C(=O)N[C@H](c3ccc(OCCCO)cc3)C2=O)c(F)c1. The number of urea groups is 1. The Morgan fingerprint density at radius 1 is 1.07 bits per heavy atom. The smallest absolute Gasteiger partial charge is 0.325 e. The van der Waals surface area contributed by atoms with Gasteiger partial charge < -0.3 is 20.5 Å². The number of imide groups is 1. The fraction of sp³-hybridized carbons (Fsp3) is 0.323. The van der Waals surface area contributed by atoms with E-state index in [0.29, 0.717) is 29.9 Å². The summed E-state index contributed by atoms with van der Waals surface area (Å²) in [5.74, 6) is -1.90. The molecular weight excluding hydrogens is 513 g/mol. The average Bonchev–Trinajstić information content (AvgIpc) is 3.26. The summed E-state index contributed by atoms with van der Waals surface area (Å²) in [5.41, 5.74) is 1.92. The fourth-order valence-corrected chi connectivity index (χ4v) is 4.43. The fourth-order valence-electron chi connectivity index (χ4n) is 4.43. The highest BCUT2D eigenvalue weighted by atomic mass is 19.1. The van der Waals surface area contributed by atoms with Gasteiger partial charge in [-0.05, 0) is 47.9 Å². The summed E-state index contributed by atoms with van der Waals surface area (Å²) in [4.78, 5) is 41.2. The monoisotopic (exact) mass is 549 g/mol. The molecule has 0 spiro atoms. The number of benzene rings is 3. The van der Waals surface area contributed by atoms with Gasteiger partial charge in [0, 0.05) is 18.9 Å². The number of anilines is 1. The topological polar surface area (TPSA) is 108 Å². The second-order valence-corrected chi connectivity index (χ2v) is 9.20. The van der Waals surface area contributed by atoms with E-state index < -0.39 is 41.7 Å². The molecule has 1 saturated heterocycles. The minimum atomic E-state index is -1.24. The third-order valence-corrected chi connectivity index (χ3v) is 6.48. The second kappa shape index (κ2) is 14.2. The van der Waals surface area contributed by atoms with E-state index in [1.165, 1.54) is 12.1 Å². The Morgan fingerprint density at radius 2 is 1.75 bits per heavy atom. The number of carbonyl (C=O) groups is 3. The van der Waals surface area contributed by atoms with Crippen LogP contribution >= 0.6 is 0 Å². The molecule has 8 nitrogen and oxygen atoms in total. The highest BCUT2D eigenvalue weighted by Crippen LogP contribution is 2.32. The zero-order valence-corrected chi connectivity index (χ0v) is 23.2. The number of hydrogen-bond donors (Lipinski definition) is 3. The molecule has 0 aliphatic carbocycles. The first-order chi connectivity index (χ1) is 19.3. The van der Waals surface area contributed by atoms with E-state index in [9.17, 15) is 18.8 Å². The maximum Gasteiger partial charge on any atom is 0.325 e. The predicted molar refractivity (Wildman–Crippen MR) is 152 cm³/mol. The third kappa shape index (κ3) is 7.04. The Hall–Kier alpha value is -4.24. The van der Waals surface area contributed by atoms with Gasteiger partial charge in [-0.2, -0.15) is 0 Å². The molecule has 1 heterocycles. The van der Waals surface area contributed by atoms with Crippen molar-refractivity contribution in [3.8, 4) is 5.75 Å². The first-order valence-corrected chi connectivity index (χ1v) is 13.4. The predicted octanol–water partition coefficient (Wildman–Crippen LogP) is 5.33. The summed E-state index contributed by atoms with van der Waals surface area (Å²) in [6.45, 7) is 7.84. The van der Waals surface area contributed by atoms with Crippen molar-refractivity contribution in [3.05, 3.63) is 95.3 Å². The normalized spacial score (nSPS) is 15.9. The maximum atomic E-state index is 14.5. The van der Waals surface area contributed by atoms with Crippen molar-refractivity contribution in [1.82, 2.24) is 10.2 Å². The van der Waals surface area contributed by atoms with Gasteiger partial charge in [-0.15, -0.1) is 0 Å². The first kappa shape index (κ1) is 30.3. The lowest BCUT2D eigenvalue weighted by atomic mass is 9.91. The Kier molecular flexibility index (Phi) is 10.8. The molecule has 212 valence electrons. The van der Waals surface area contributed by atoms with Crippen molar-refractivity contribution in [3.63, 3.8) is 0 Å². The van der Waals surface area contributed by atoms with Gasteiger partial charge in [-0.1, -0.05) is 69.3 Å². The third-order valence-electron chi connectivity index (χ3n) is 6.48. The Morgan fingerprint density at radius 3 is 2.38 bits per heavy atom. The molecule has 9 heteroatoms. The molecule has 4 rings (SSSR count). The number of carbonyl (C=O) groups excluding carboxylic acids is 3. The molecule has 4 amide bonds. The highest BCUT2D eigenvalue weighted by molar-refractivity contribution is 6.10. The van der Waals surface area contributed by atoms with E-state index in [-0.39, 0.29) is 12.3 Å². The summed E-state index contributed by atoms with van der Waals surface area (Å²) < 4.78 is 20.1. The summed E-state index contributed by atoms with van der Waals surface area (Å²) in [5, 5.41) is 14.2. The molecule has 0 bridgehead atoms. The number of nitrogens with one attached hydrogen (secondary N) is 2. The largest absolute Gasteiger partial charge is 0.494 e. The average molecular weight is 550 g/mol.